The quantitative estimate of drug-likeness (QED) is 0.737. The van der Waals surface area contributed by atoms with Gasteiger partial charge in [0, 0.05) is 29.6 Å². The topological polar surface area (TPSA) is 70.5 Å². The summed E-state index contributed by atoms with van der Waals surface area (Å²) in [6.07, 6.45) is -0.142. The number of carbonyl (C=O) groups is 2. The third-order valence-electron chi connectivity index (χ3n) is 3.06. The fourth-order valence-electron chi connectivity index (χ4n) is 1.83. The van der Waals surface area contributed by atoms with E-state index < -0.39 is 11.8 Å². The molecule has 9 heteroatoms. The standard InChI is InChI=1S/C15H14ClFN2O3S2/c1-19(6-10-11(16)3-2-4-12(10)17)13(20)8-24-15-18-9(7-23-15)5-14(21)22/h2-4,7H,5-6,8H2,1H3,(H,21,22). The number of thioether (sulfide) groups is 1. The van der Waals surface area contributed by atoms with E-state index in [1.54, 1.807) is 18.5 Å². The number of halogens is 2. The molecule has 0 radical (unpaired) electrons. The summed E-state index contributed by atoms with van der Waals surface area (Å²) in [5, 5.41) is 10.6. The summed E-state index contributed by atoms with van der Waals surface area (Å²) in [5.41, 5.74) is 0.743. The van der Waals surface area contributed by atoms with Crippen LogP contribution in [0.15, 0.2) is 27.9 Å². The van der Waals surface area contributed by atoms with Crippen LogP contribution in [-0.4, -0.2) is 39.7 Å². The van der Waals surface area contributed by atoms with Crippen molar-refractivity contribution in [2.45, 2.75) is 17.3 Å². The highest BCUT2D eigenvalue weighted by Gasteiger charge is 2.15. The van der Waals surface area contributed by atoms with Gasteiger partial charge in [0.1, 0.15) is 5.82 Å². The second-order valence-electron chi connectivity index (χ2n) is 4.91. The molecular formula is C15H14ClFN2O3S2. The lowest BCUT2D eigenvalue weighted by Crippen LogP contribution is -2.28. The number of hydrogen-bond acceptors (Lipinski definition) is 5. The van der Waals surface area contributed by atoms with Crippen molar-refractivity contribution in [3.63, 3.8) is 0 Å². The lowest BCUT2D eigenvalue weighted by molar-refractivity contribution is -0.136. The molecule has 0 spiro atoms. The molecule has 0 aliphatic heterocycles. The van der Waals surface area contributed by atoms with Gasteiger partial charge in [-0.2, -0.15) is 0 Å². The lowest BCUT2D eigenvalue weighted by Gasteiger charge is -2.18. The van der Waals surface area contributed by atoms with Gasteiger partial charge in [0.15, 0.2) is 4.34 Å². The first kappa shape index (κ1) is 18.7. The van der Waals surface area contributed by atoms with Crippen molar-refractivity contribution in [2.75, 3.05) is 12.8 Å². The third kappa shape index (κ3) is 5.19. The highest BCUT2D eigenvalue weighted by molar-refractivity contribution is 8.01. The molecule has 0 bridgehead atoms. The second-order valence-corrected chi connectivity index (χ2v) is 7.40. The van der Waals surface area contributed by atoms with E-state index in [2.05, 4.69) is 4.98 Å². The smallest absolute Gasteiger partial charge is 0.309 e. The molecule has 2 aromatic rings. The minimum Gasteiger partial charge on any atom is -0.481 e. The van der Waals surface area contributed by atoms with Crippen LogP contribution in [0.25, 0.3) is 0 Å². The van der Waals surface area contributed by atoms with Gasteiger partial charge in [-0.1, -0.05) is 29.4 Å². The molecular weight excluding hydrogens is 375 g/mol. The lowest BCUT2D eigenvalue weighted by atomic mass is 10.2. The first-order chi connectivity index (χ1) is 11.4. The van der Waals surface area contributed by atoms with Gasteiger partial charge in [0.2, 0.25) is 5.91 Å². The number of nitrogens with zero attached hydrogens (tertiary/aromatic N) is 2. The van der Waals surface area contributed by atoms with E-state index >= 15 is 0 Å². The van der Waals surface area contributed by atoms with Gasteiger partial charge in [-0.25, -0.2) is 9.37 Å². The molecule has 1 N–H and O–H groups in total. The first-order valence-corrected chi connectivity index (χ1v) is 9.07. The predicted molar refractivity (Wildman–Crippen MR) is 92.1 cm³/mol. The van der Waals surface area contributed by atoms with Crippen LogP contribution in [0, 0.1) is 5.82 Å². The van der Waals surface area contributed by atoms with Crippen LogP contribution in [0.3, 0.4) is 0 Å². The maximum absolute atomic E-state index is 13.7. The average Bonchev–Trinajstić information content (AvgIpc) is 2.95. The van der Waals surface area contributed by atoms with Crippen molar-refractivity contribution in [2.24, 2.45) is 0 Å². The molecule has 0 aliphatic rings. The average molecular weight is 389 g/mol. The fraction of sp³-hybridized carbons (Fsp3) is 0.267. The Hall–Kier alpha value is -1.64. The van der Waals surface area contributed by atoms with E-state index in [0.29, 0.717) is 10.0 Å². The van der Waals surface area contributed by atoms with E-state index in [4.69, 9.17) is 16.7 Å². The highest BCUT2D eigenvalue weighted by Crippen LogP contribution is 2.24. The van der Waals surface area contributed by atoms with Crippen LogP contribution in [-0.2, 0) is 22.6 Å². The summed E-state index contributed by atoms with van der Waals surface area (Å²) in [4.78, 5) is 28.3. The number of rotatable bonds is 7. The van der Waals surface area contributed by atoms with Crippen LogP contribution in [0.2, 0.25) is 5.02 Å². The van der Waals surface area contributed by atoms with Gasteiger partial charge in [-0.15, -0.1) is 11.3 Å². The van der Waals surface area contributed by atoms with Crippen LogP contribution in [0.1, 0.15) is 11.3 Å². The molecule has 0 unspecified atom stereocenters. The Morgan fingerprint density at radius 1 is 1.46 bits per heavy atom. The summed E-state index contributed by atoms with van der Waals surface area (Å²) in [5.74, 6) is -1.47. The summed E-state index contributed by atoms with van der Waals surface area (Å²) in [6, 6.07) is 4.39. The number of carboxylic acids is 1. The summed E-state index contributed by atoms with van der Waals surface area (Å²) in [6.45, 7) is 0.0764. The van der Waals surface area contributed by atoms with Crippen molar-refractivity contribution in [3.8, 4) is 0 Å². The number of aliphatic carboxylic acids is 1. The van der Waals surface area contributed by atoms with Crippen LogP contribution in [0.4, 0.5) is 4.39 Å². The monoisotopic (exact) mass is 388 g/mol. The number of hydrogen-bond donors (Lipinski definition) is 1. The highest BCUT2D eigenvalue weighted by atomic mass is 35.5. The van der Waals surface area contributed by atoms with Crippen LogP contribution < -0.4 is 0 Å². The summed E-state index contributed by atoms with van der Waals surface area (Å²) in [7, 11) is 1.57. The normalized spacial score (nSPS) is 10.6. The predicted octanol–water partition coefficient (Wildman–Crippen LogP) is 3.31. The second kappa shape index (κ2) is 8.46. The molecule has 0 aliphatic carbocycles. The van der Waals surface area contributed by atoms with E-state index in [1.165, 1.54) is 40.1 Å². The zero-order valence-electron chi connectivity index (χ0n) is 12.7. The van der Waals surface area contributed by atoms with Crippen molar-refractivity contribution >= 4 is 46.6 Å². The number of thiazole rings is 1. The Morgan fingerprint density at radius 2 is 2.21 bits per heavy atom. The van der Waals surface area contributed by atoms with Crippen molar-refractivity contribution < 1.29 is 19.1 Å². The van der Waals surface area contributed by atoms with Crippen molar-refractivity contribution in [3.05, 3.63) is 45.7 Å². The summed E-state index contributed by atoms with van der Waals surface area (Å²) >= 11 is 8.47. The largest absolute Gasteiger partial charge is 0.481 e. The molecule has 0 saturated heterocycles. The van der Waals surface area contributed by atoms with Gasteiger partial charge < -0.3 is 10.0 Å². The molecule has 1 aromatic carbocycles. The molecule has 1 aromatic heterocycles. The third-order valence-corrected chi connectivity index (χ3v) is 5.47. The Morgan fingerprint density at radius 3 is 2.88 bits per heavy atom. The van der Waals surface area contributed by atoms with E-state index in [9.17, 15) is 14.0 Å². The van der Waals surface area contributed by atoms with Gasteiger partial charge >= 0.3 is 5.97 Å². The van der Waals surface area contributed by atoms with E-state index in [1.807, 2.05) is 0 Å². The molecule has 128 valence electrons. The molecule has 5 nitrogen and oxygen atoms in total. The Kier molecular flexibility index (Phi) is 6.59. The van der Waals surface area contributed by atoms with E-state index in [-0.39, 0.29) is 35.2 Å². The molecule has 0 atom stereocenters. The van der Waals surface area contributed by atoms with Gasteiger partial charge in [-0.3, -0.25) is 9.59 Å². The summed E-state index contributed by atoms with van der Waals surface area (Å²) < 4.78 is 14.4. The van der Waals surface area contributed by atoms with Crippen LogP contribution in [0.5, 0.6) is 0 Å². The molecule has 0 saturated carbocycles. The van der Waals surface area contributed by atoms with Crippen molar-refractivity contribution in [1.29, 1.82) is 0 Å². The molecule has 0 fully saturated rings. The molecule has 24 heavy (non-hydrogen) atoms. The SMILES string of the molecule is CN(Cc1c(F)cccc1Cl)C(=O)CSc1nc(CC(=O)O)cs1. The zero-order valence-corrected chi connectivity index (χ0v) is 15.1. The Labute approximate surface area is 151 Å². The Balaban J connectivity index is 1.90. The van der Waals surface area contributed by atoms with Crippen LogP contribution >= 0.6 is 34.7 Å². The maximum Gasteiger partial charge on any atom is 0.309 e. The minimum atomic E-state index is -0.950. The number of benzene rings is 1. The molecule has 1 heterocycles. The molecule has 2 rings (SSSR count). The first-order valence-electron chi connectivity index (χ1n) is 6.82. The zero-order chi connectivity index (χ0) is 17.7. The molecule has 1 amide bonds. The van der Waals surface area contributed by atoms with E-state index in [0.717, 1.165) is 0 Å². The number of amides is 1. The van der Waals surface area contributed by atoms with Crippen molar-refractivity contribution in [1.82, 2.24) is 9.88 Å². The minimum absolute atomic E-state index is 0.0764. The Bertz CT molecular complexity index is 734. The number of aromatic nitrogens is 1. The maximum atomic E-state index is 13.7. The van der Waals surface area contributed by atoms with Gasteiger partial charge in [0.05, 0.1) is 17.9 Å². The van der Waals surface area contributed by atoms with Gasteiger partial charge in [-0.05, 0) is 12.1 Å². The van der Waals surface area contributed by atoms with Gasteiger partial charge in [0.25, 0.3) is 0 Å². The number of carbonyl (C=O) groups excluding carboxylic acids is 1. The number of carboxylic acid groups (broad SMARTS) is 1. The fourth-order valence-corrected chi connectivity index (χ4v) is 3.84.